The van der Waals surface area contributed by atoms with Crippen molar-refractivity contribution in [3.63, 3.8) is 0 Å². The number of rotatable bonds is 3. The van der Waals surface area contributed by atoms with Gasteiger partial charge in [-0.3, -0.25) is 0 Å². The lowest BCUT2D eigenvalue weighted by molar-refractivity contribution is 0.229. The van der Waals surface area contributed by atoms with E-state index in [-0.39, 0.29) is 12.1 Å². The van der Waals surface area contributed by atoms with Crippen LogP contribution in [-0.4, -0.2) is 12.1 Å². The summed E-state index contributed by atoms with van der Waals surface area (Å²) in [6.45, 7) is 6.24. The van der Waals surface area contributed by atoms with Crippen LogP contribution in [0.25, 0.3) is 0 Å². The van der Waals surface area contributed by atoms with E-state index in [1.54, 1.807) is 0 Å². The van der Waals surface area contributed by atoms with Crippen molar-refractivity contribution in [2.75, 3.05) is 0 Å². The molecule has 1 aromatic carbocycles. The highest BCUT2D eigenvalue weighted by Crippen LogP contribution is 2.18. The number of carbonyl (C=O) groups excluding carboxylic acids is 1. The highest BCUT2D eigenvalue weighted by atomic mass is 16.2. The van der Waals surface area contributed by atoms with E-state index in [1.165, 1.54) is 30.4 Å². The van der Waals surface area contributed by atoms with Gasteiger partial charge in [0.25, 0.3) is 0 Å². The minimum Gasteiger partial charge on any atom is -0.335 e. The van der Waals surface area contributed by atoms with E-state index in [0.717, 1.165) is 18.4 Å². The fourth-order valence-corrected chi connectivity index (χ4v) is 2.79. The summed E-state index contributed by atoms with van der Waals surface area (Å²) in [5.74, 6) is 0. The van der Waals surface area contributed by atoms with Crippen molar-refractivity contribution in [2.45, 2.75) is 65.0 Å². The lowest BCUT2D eigenvalue weighted by atomic mass is 9.96. The fourth-order valence-electron chi connectivity index (χ4n) is 2.79. The number of urea groups is 1. The maximum atomic E-state index is 12.0. The summed E-state index contributed by atoms with van der Waals surface area (Å²) in [5, 5.41) is 6.14. The largest absolute Gasteiger partial charge is 0.335 e. The first-order chi connectivity index (χ1) is 9.56. The van der Waals surface area contributed by atoms with Gasteiger partial charge < -0.3 is 10.6 Å². The SMILES string of the molecule is Cc1ccc([C@@H](C)NC(=O)NC2CCCCC2)cc1C. The van der Waals surface area contributed by atoms with E-state index in [4.69, 9.17) is 0 Å². The lowest BCUT2D eigenvalue weighted by Gasteiger charge is -2.24. The van der Waals surface area contributed by atoms with Crippen LogP contribution in [0.15, 0.2) is 18.2 Å². The molecule has 0 radical (unpaired) electrons. The van der Waals surface area contributed by atoms with Gasteiger partial charge in [0, 0.05) is 6.04 Å². The van der Waals surface area contributed by atoms with Gasteiger partial charge in [-0.1, -0.05) is 37.5 Å². The van der Waals surface area contributed by atoms with E-state index in [1.807, 2.05) is 6.92 Å². The summed E-state index contributed by atoms with van der Waals surface area (Å²) in [4.78, 5) is 12.0. The molecule has 0 bridgehead atoms. The van der Waals surface area contributed by atoms with Crippen LogP contribution < -0.4 is 10.6 Å². The first-order valence-corrected chi connectivity index (χ1v) is 7.70. The first kappa shape index (κ1) is 14.9. The number of amides is 2. The van der Waals surface area contributed by atoms with Gasteiger partial charge in [-0.2, -0.15) is 0 Å². The molecular weight excluding hydrogens is 248 g/mol. The summed E-state index contributed by atoms with van der Waals surface area (Å²) in [6.07, 6.45) is 6.01. The number of carbonyl (C=O) groups is 1. The van der Waals surface area contributed by atoms with Crippen LogP contribution in [0.5, 0.6) is 0 Å². The molecule has 3 nitrogen and oxygen atoms in total. The van der Waals surface area contributed by atoms with Gasteiger partial charge in [0.05, 0.1) is 6.04 Å². The Kier molecular flexibility index (Phi) is 5.05. The standard InChI is InChI=1S/C17H26N2O/c1-12-9-10-15(11-13(12)2)14(3)18-17(20)19-16-7-5-4-6-8-16/h9-11,14,16H,4-8H2,1-3H3,(H2,18,19,20)/t14-/m1/s1. The molecule has 2 N–H and O–H groups in total. The smallest absolute Gasteiger partial charge is 0.315 e. The number of nitrogens with one attached hydrogen (secondary N) is 2. The van der Waals surface area contributed by atoms with Crippen molar-refractivity contribution in [1.82, 2.24) is 10.6 Å². The monoisotopic (exact) mass is 274 g/mol. The van der Waals surface area contributed by atoms with Crippen LogP contribution in [0.4, 0.5) is 4.79 Å². The number of benzene rings is 1. The second kappa shape index (κ2) is 6.78. The summed E-state index contributed by atoms with van der Waals surface area (Å²) >= 11 is 0. The zero-order valence-corrected chi connectivity index (χ0v) is 12.8. The Hall–Kier alpha value is -1.51. The van der Waals surface area contributed by atoms with Crippen LogP contribution in [0.1, 0.15) is 61.8 Å². The summed E-state index contributed by atoms with van der Waals surface area (Å²) < 4.78 is 0. The molecule has 1 aliphatic carbocycles. The molecule has 110 valence electrons. The third-order valence-electron chi connectivity index (χ3n) is 4.32. The molecule has 0 unspecified atom stereocenters. The average Bonchev–Trinajstić information content (AvgIpc) is 2.42. The summed E-state index contributed by atoms with van der Waals surface area (Å²) in [6, 6.07) is 6.72. The van der Waals surface area contributed by atoms with Gasteiger partial charge in [-0.25, -0.2) is 4.79 Å². The van der Waals surface area contributed by atoms with Gasteiger partial charge >= 0.3 is 6.03 Å². The molecule has 0 heterocycles. The maximum absolute atomic E-state index is 12.0. The van der Waals surface area contributed by atoms with Crippen LogP contribution in [0.2, 0.25) is 0 Å². The molecule has 2 rings (SSSR count). The Balaban J connectivity index is 1.87. The Bertz CT molecular complexity index is 464. The molecule has 2 amide bonds. The van der Waals surface area contributed by atoms with E-state index in [9.17, 15) is 4.79 Å². The highest BCUT2D eigenvalue weighted by molar-refractivity contribution is 5.74. The predicted molar refractivity (Wildman–Crippen MR) is 82.9 cm³/mol. The zero-order chi connectivity index (χ0) is 14.5. The fraction of sp³-hybridized carbons (Fsp3) is 0.588. The molecule has 1 atom stereocenters. The molecule has 1 fully saturated rings. The minimum absolute atomic E-state index is 0.0392. The van der Waals surface area contributed by atoms with Gasteiger partial charge in [-0.05, 0) is 50.3 Å². The highest BCUT2D eigenvalue weighted by Gasteiger charge is 2.17. The van der Waals surface area contributed by atoms with E-state index >= 15 is 0 Å². The minimum atomic E-state index is -0.0392. The van der Waals surface area contributed by atoms with Crippen molar-refractivity contribution in [3.8, 4) is 0 Å². The van der Waals surface area contributed by atoms with Crippen LogP contribution >= 0.6 is 0 Å². The Morgan fingerprint density at radius 1 is 1.15 bits per heavy atom. The molecule has 1 aromatic rings. The first-order valence-electron chi connectivity index (χ1n) is 7.70. The van der Waals surface area contributed by atoms with Crippen molar-refractivity contribution >= 4 is 6.03 Å². The van der Waals surface area contributed by atoms with E-state index in [0.29, 0.717) is 6.04 Å². The second-order valence-electron chi connectivity index (χ2n) is 6.02. The van der Waals surface area contributed by atoms with Gasteiger partial charge in [-0.15, -0.1) is 0 Å². The number of aryl methyl sites for hydroxylation is 2. The normalized spacial score (nSPS) is 17.6. The average molecular weight is 274 g/mol. The van der Waals surface area contributed by atoms with E-state index in [2.05, 4.69) is 42.7 Å². The maximum Gasteiger partial charge on any atom is 0.315 e. The predicted octanol–water partition coefficient (Wildman–Crippen LogP) is 4.00. The molecule has 20 heavy (non-hydrogen) atoms. The Morgan fingerprint density at radius 2 is 1.85 bits per heavy atom. The Morgan fingerprint density at radius 3 is 2.50 bits per heavy atom. The van der Waals surface area contributed by atoms with Crippen molar-refractivity contribution < 1.29 is 4.79 Å². The number of hydrogen-bond donors (Lipinski definition) is 2. The van der Waals surface area contributed by atoms with Crippen molar-refractivity contribution in [3.05, 3.63) is 34.9 Å². The van der Waals surface area contributed by atoms with Crippen molar-refractivity contribution in [1.29, 1.82) is 0 Å². The number of hydrogen-bond acceptors (Lipinski definition) is 1. The van der Waals surface area contributed by atoms with Crippen LogP contribution in [-0.2, 0) is 0 Å². The third-order valence-corrected chi connectivity index (χ3v) is 4.32. The molecule has 3 heteroatoms. The van der Waals surface area contributed by atoms with Gasteiger partial charge in [0.2, 0.25) is 0 Å². The molecule has 0 spiro atoms. The van der Waals surface area contributed by atoms with Gasteiger partial charge in [0.15, 0.2) is 0 Å². The molecule has 1 aliphatic rings. The molecule has 1 saturated carbocycles. The summed E-state index contributed by atoms with van der Waals surface area (Å²) in [5.41, 5.74) is 3.71. The van der Waals surface area contributed by atoms with Gasteiger partial charge in [0.1, 0.15) is 0 Å². The lowest BCUT2D eigenvalue weighted by Crippen LogP contribution is -2.43. The molecule has 0 saturated heterocycles. The van der Waals surface area contributed by atoms with Crippen LogP contribution in [0, 0.1) is 13.8 Å². The molecule has 0 aromatic heterocycles. The second-order valence-corrected chi connectivity index (χ2v) is 6.02. The Labute approximate surface area is 122 Å². The third kappa shape index (κ3) is 3.99. The summed E-state index contributed by atoms with van der Waals surface area (Å²) in [7, 11) is 0. The molecular formula is C17H26N2O. The molecule has 0 aliphatic heterocycles. The topological polar surface area (TPSA) is 41.1 Å². The van der Waals surface area contributed by atoms with E-state index < -0.39 is 0 Å². The zero-order valence-electron chi connectivity index (χ0n) is 12.8. The quantitative estimate of drug-likeness (QED) is 0.859. The van der Waals surface area contributed by atoms with Crippen LogP contribution in [0.3, 0.4) is 0 Å². The van der Waals surface area contributed by atoms with Crippen molar-refractivity contribution in [2.24, 2.45) is 0 Å².